The van der Waals surface area contributed by atoms with E-state index in [0.29, 0.717) is 0 Å². The molecule has 0 heterocycles. The molecule has 0 spiro atoms. The van der Waals surface area contributed by atoms with E-state index in [1.54, 1.807) is 6.07 Å². The summed E-state index contributed by atoms with van der Waals surface area (Å²) in [7, 11) is -4.86. The van der Waals surface area contributed by atoms with Crippen LogP contribution in [0.15, 0.2) is 30.3 Å². The van der Waals surface area contributed by atoms with Crippen LogP contribution in [-0.4, -0.2) is 18.9 Å². The molecule has 0 N–H and O–H groups in total. The van der Waals surface area contributed by atoms with E-state index in [2.05, 4.69) is 0 Å². The normalized spacial score (nSPS) is 13.3. The second kappa shape index (κ2) is 8.17. The van der Waals surface area contributed by atoms with Crippen molar-refractivity contribution in [3.05, 3.63) is 35.9 Å². The molecular weight excluding hydrogens is 325 g/mol. The average molecular weight is 342 g/mol. The zero-order valence-corrected chi connectivity index (χ0v) is 13.7. The van der Waals surface area contributed by atoms with Gasteiger partial charge in [0, 0.05) is 0 Å². The van der Waals surface area contributed by atoms with Gasteiger partial charge in [0.05, 0.1) is 31.3 Å². The van der Waals surface area contributed by atoms with Crippen LogP contribution in [0.5, 0.6) is 0 Å². The first kappa shape index (κ1) is 19.3. The first-order valence-electron chi connectivity index (χ1n) is 6.99. The fourth-order valence-electron chi connectivity index (χ4n) is 2.15. The molecule has 0 amide bonds. The van der Waals surface area contributed by atoms with Crippen LogP contribution in [0.25, 0.3) is 0 Å². The third kappa shape index (κ3) is 3.95. The van der Waals surface area contributed by atoms with E-state index < -0.39 is 25.1 Å². The van der Waals surface area contributed by atoms with Crippen LogP contribution in [0.3, 0.4) is 0 Å². The molecule has 0 aliphatic heterocycles. The van der Waals surface area contributed by atoms with E-state index in [1.165, 1.54) is 50.3 Å². The van der Waals surface area contributed by atoms with E-state index in [-0.39, 0.29) is 18.8 Å². The molecule has 5 nitrogen and oxygen atoms in total. The first-order chi connectivity index (χ1) is 10.9. The van der Waals surface area contributed by atoms with Crippen LogP contribution < -0.4 is 0 Å². The van der Waals surface area contributed by atoms with E-state index in [1.807, 2.05) is 0 Å². The Morgan fingerprint density at radius 2 is 1.61 bits per heavy atom. The van der Waals surface area contributed by atoms with Gasteiger partial charge in [-0.1, -0.05) is 30.3 Å². The van der Waals surface area contributed by atoms with Gasteiger partial charge in [0.1, 0.15) is 5.92 Å². The number of hydrogen-bond acceptors (Lipinski definition) is 5. The first-order valence-corrected chi connectivity index (χ1v) is 8.53. The van der Waals surface area contributed by atoms with Crippen molar-refractivity contribution in [1.82, 2.24) is 0 Å². The molecule has 0 saturated carbocycles. The lowest BCUT2D eigenvalue weighted by Gasteiger charge is -2.32. The highest BCUT2D eigenvalue weighted by Crippen LogP contribution is 2.67. The standard InChI is InChI=1S/C15H17F2N2O3P/c1-3-21-23(20,22-4-2)15(16,17)14(13(10-18)11-19)12-8-6-5-7-9-12/h5-9,13-14H,3-4H2,1-2H3. The summed E-state index contributed by atoms with van der Waals surface area (Å²) in [5.74, 6) is -3.63. The van der Waals surface area contributed by atoms with Crippen molar-refractivity contribution < 1.29 is 22.4 Å². The van der Waals surface area contributed by atoms with E-state index in [9.17, 15) is 4.57 Å². The van der Waals surface area contributed by atoms with Gasteiger partial charge in [-0.2, -0.15) is 19.3 Å². The van der Waals surface area contributed by atoms with Gasteiger partial charge < -0.3 is 9.05 Å². The minimum atomic E-state index is -4.86. The predicted molar refractivity (Wildman–Crippen MR) is 79.7 cm³/mol. The fourth-order valence-corrected chi connectivity index (χ4v) is 3.89. The van der Waals surface area contributed by atoms with Crippen molar-refractivity contribution in [2.75, 3.05) is 13.2 Å². The molecule has 0 aliphatic carbocycles. The number of hydrogen-bond donors (Lipinski definition) is 0. The maximum atomic E-state index is 15.0. The van der Waals surface area contributed by atoms with Gasteiger partial charge in [-0.25, -0.2) is 0 Å². The maximum Gasteiger partial charge on any atom is 0.400 e. The second-order valence-corrected chi connectivity index (χ2v) is 6.65. The van der Waals surface area contributed by atoms with Gasteiger partial charge in [0.15, 0.2) is 0 Å². The van der Waals surface area contributed by atoms with Crippen molar-refractivity contribution in [2.45, 2.75) is 25.4 Å². The zero-order valence-electron chi connectivity index (χ0n) is 12.8. The molecule has 23 heavy (non-hydrogen) atoms. The lowest BCUT2D eigenvalue weighted by molar-refractivity contribution is 0.00892. The van der Waals surface area contributed by atoms with Crippen molar-refractivity contribution in [3.8, 4) is 12.1 Å². The van der Waals surface area contributed by atoms with Gasteiger partial charge in [0.25, 0.3) is 0 Å². The lowest BCUT2D eigenvalue weighted by atomic mass is 9.88. The lowest BCUT2D eigenvalue weighted by Crippen LogP contribution is -2.33. The molecule has 1 aromatic rings. The second-order valence-electron chi connectivity index (χ2n) is 4.55. The van der Waals surface area contributed by atoms with Crippen molar-refractivity contribution in [3.63, 3.8) is 0 Å². The third-order valence-electron chi connectivity index (χ3n) is 3.11. The van der Waals surface area contributed by atoms with Crippen molar-refractivity contribution in [2.24, 2.45) is 5.92 Å². The molecule has 0 fully saturated rings. The number of nitrogens with zero attached hydrogens (tertiary/aromatic N) is 2. The van der Waals surface area contributed by atoms with Crippen LogP contribution >= 0.6 is 7.60 Å². The van der Waals surface area contributed by atoms with E-state index in [0.717, 1.165) is 0 Å². The third-order valence-corrected chi connectivity index (χ3v) is 5.31. The minimum Gasteiger partial charge on any atom is -0.305 e. The Hall–Kier alpha value is -1.79. The Morgan fingerprint density at radius 1 is 1.13 bits per heavy atom. The van der Waals surface area contributed by atoms with Crippen molar-refractivity contribution in [1.29, 1.82) is 10.5 Å². The molecular formula is C15H17F2N2O3P. The topological polar surface area (TPSA) is 83.1 Å². The fraction of sp³-hybridized carbons (Fsp3) is 0.467. The summed E-state index contributed by atoms with van der Waals surface area (Å²) in [6, 6.07) is 10.4. The number of alkyl halides is 2. The summed E-state index contributed by atoms with van der Waals surface area (Å²) in [6.45, 7) is 2.31. The van der Waals surface area contributed by atoms with E-state index in [4.69, 9.17) is 19.6 Å². The monoisotopic (exact) mass is 342 g/mol. The number of nitriles is 2. The molecule has 0 bridgehead atoms. The van der Waals surface area contributed by atoms with Crippen LogP contribution in [-0.2, 0) is 13.6 Å². The van der Waals surface area contributed by atoms with Gasteiger partial charge in [-0.3, -0.25) is 4.57 Å². The smallest absolute Gasteiger partial charge is 0.305 e. The molecule has 0 aromatic heterocycles. The molecule has 1 unspecified atom stereocenters. The summed E-state index contributed by atoms with van der Waals surface area (Å²) in [4.78, 5) is 0. The Balaban J connectivity index is 3.48. The summed E-state index contributed by atoms with van der Waals surface area (Å²) in [6.07, 6.45) is 0. The number of benzene rings is 1. The SMILES string of the molecule is CCOP(=O)(OCC)C(F)(F)C(c1ccccc1)C(C#N)C#N. The largest absolute Gasteiger partial charge is 0.400 e. The zero-order chi connectivity index (χ0) is 17.5. The molecule has 1 atom stereocenters. The number of rotatable bonds is 8. The van der Waals surface area contributed by atoms with Gasteiger partial charge in [0.2, 0.25) is 0 Å². The number of halogens is 2. The molecule has 1 rings (SSSR count). The molecule has 0 saturated heterocycles. The van der Waals surface area contributed by atoms with Gasteiger partial charge in [-0.15, -0.1) is 0 Å². The highest BCUT2D eigenvalue weighted by atomic mass is 31.2. The van der Waals surface area contributed by atoms with Crippen molar-refractivity contribution >= 4 is 7.60 Å². The Morgan fingerprint density at radius 3 is 2.00 bits per heavy atom. The summed E-state index contributed by atoms with van der Waals surface area (Å²) < 4.78 is 52.1. The quantitative estimate of drug-likeness (QED) is 0.658. The Bertz CT molecular complexity index is 616. The van der Waals surface area contributed by atoms with Crippen LogP contribution in [0, 0.1) is 28.6 Å². The van der Waals surface area contributed by atoms with Gasteiger partial charge >= 0.3 is 13.3 Å². The average Bonchev–Trinajstić information content (AvgIpc) is 2.53. The Kier molecular flexibility index (Phi) is 6.84. The Labute approximate surface area is 134 Å². The molecule has 124 valence electrons. The van der Waals surface area contributed by atoms with Crippen LogP contribution in [0.2, 0.25) is 0 Å². The minimum absolute atomic E-state index is 0.0187. The highest BCUT2D eigenvalue weighted by molar-refractivity contribution is 7.55. The highest BCUT2D eigenvalue weighted by Gasteiger charge is 2.61. The maximum absolute atomic E-state index is 15.0. The van der Waals surface area contributed by atoms with Gasteiger partial charge in [-0.05, 0) is 19.4 Å². The summed E-state index contributed by atoms with van der Waals surface area (Å²) >= 11 is 0. The molecule has 0 aliphatic rings. The summed E-state index contributed by atoms with van der Waals surface area (Å²) in [5.41, 5.74) is -4.01. The molecule has 1 aromatic carbocycles. The molecule has 8 heteroatoms. The van der Waals surface area contributed by atoms with Crippen LogP contribution in [0.1, 0.15) is 25.3 Å². The van der Waals surface area contributed by atoms with Crippen LogP contribution in [0.4, 0.5) is 8.78 Å². The summed E-state index contributed by atoms with van der Waals surface area (Å²) in [5, 5.41) is 18.1. The molecule has 0 radical (unpaired) electrons. The van der Waals surface area contributed by atoms with E-state index >= 15 is 8.78 Å². The predicted octanol–water partition coefficient (Wildman–Crippen LogP) is 4.29.